The van der Waals surface area contributed by atoms with Crippen molar-refractivity contribution in [3.8, 4) is 22.3 Å². The quantitative estimate of drug-likeness (QED) is 0.0712. The number of carbonyl (C=O) groups is 1. The summed E-state index contributed by atoms with van der Waals surface area (Å²) in [5.41, 5.74) is 5.78. The maximum Gasteiger partial charge on any atom is 0.313 e. The number of amides is 1. The number of nitro groups is 2. The summed E-state index contributed by atoms with van der Waals surface area (Å²) in [5.74, 6) is 0.737. The Morgan fingerprint density at radius 2 is 1.40 bits per heavy atom. The number of rotatable bonds is 13. The van der Waals surface area contributed by atoms with Crippen molar-refractivity contribution in [2.75, 3.05) is 50.3 Å². The number of thioether (sulfide) groups is 1. The zero-order chi connectivity index (χ0) is 36.9. The van der Waals surface area contributed by atoms with E-state index in [0.29, 0.717) is 40.8 Å². The number of para-hydroxylation sites is 1. The van der Waals surface area contributed by atoms with Crippen molar-refractivity contribution in [1.82, 2.24) is 14.8 Å². The van der Waals surface area contributed by atoms with Crippen LogP contribution in [0.3, 0.4) is 0 Å². The summed E-state index contributed by atoms with van der Waals surface area (Å²) in [6.45, 7) is 12.1. The molecule has 270 valence electrons. The lowest BCUT2D eigenvalue weighted by atomic mass is 9.86. The molecule has 13 heteroatoms. The van der Waals surface area contributed by atoms with Crippen LogP contribution in [0.4, 0.5) is 17.1 Å². The number of anilines is 1. The van der Waals surface area contributed by atoms with Crippen molar-refractivity contribution < 1.29 is 19.1 Å². The largest absolute Gasteiger partial charge is 0.424 e. The number of fused-ring (bicyclic) bond motifs is 1. The van der Waals surface area contributed by atoms with Crippen molar-refractivity contribution in [3.05, 3.63) is 110 Å². The van der Waals surface area contributed by atoms with Gasteiger partial charge < -0.3 is 9.73 Å². The minimum atomic E-state index is -0.471. The number of oxazole rings is 1. The second-order valence-electron chi connectivity index (χ2n) is 13.5. The molecule has 0 spiro atoms. The van der Waals surface area contributed by atoms with Crippen molar-refractivity contribution in [2.24, 2.45) is 0 Å². The van der Waals surface area contributed by atoms with Gasteiger partial charge in [0.1, 0.15) is 5.52 Å². The summed E-state index contributed by atoms with van der Waals surface area (Å²) in [5, 5.41) is 27.5. The Labute approximate surface area is 306 Å². The van der Waals surface area contributed by atoms with E-state index in [4.69, 9.17) is 4.42 Å². The fraction of sp³-hybridized carbons (Fsp3) is 0.333. The monoisotopic (exact) mass is 722 g/mol. The number of carbonyl (C=O) groups excluding carboxylic acids is 1. The molecule has 1 amide bonds. The van der Waals surface area contributed by atoms with Gasteiger partial charge in [-0.05, 0) is 46.2 Å². The molecule has 1 aliphatic heterocycles. The molecule has 2 heterocycles. The summed E-state index contributed by atoms with van der Waals surface area (Å²) in [4.78, 5) is 45.8. The zero-order valence-electron chi connectivity index (χ0n) is 29.7. The number of nitro benzene ring substituents is 2. The third kappa shape index (κ3) is 8.01. The van der Waals surface area contributed by atoms with Crippen LogP contribution in [-0.2, 0) is 4.79 Å². The van der Waals surface area contributed by atoms with Gasteiger partial charge >= 0.3 is 5.69 Å². The fourth-order valence-electron chi connectivity index (χ4n) is 6.78. The summed E-state index contributed by atoms with van der Waals surface area (Å²) in [6.07, 6.45) is 0. The van der Waals surface area contributed by atoms with Crippen LogP contribution in [0.2, 0.25) is 0 Å². The number of piperazine rings is 1. The van der Waals surface area contributed by atoms with E-state index in [1.165, 1.54) is 17.8 Å². The summed E-state index contributed by atoms with van der Waals surface area (Å²) in [7, 11) is 0. The molecule has 1 N–H and O–H groups in total. The number of nitrogens with one attached hydrogen (secondary N) is 1. The molecule has 4 aromatic carbocycles. The van der Waals surface area contributed by atoms with Crippen molar-refractivity contribution in [2.45, 2.75) is 44.8 Å². The van der Waals surface area contributed by atoms with Crippen LogP contribution in [0.25, 0.3) is 33.4 Å². The lowest BCUT2D eigenvalue weighted by molar-refractivity contribution is -0.384. The first-order chi connectivity index (χ1) is 25.0. The van der Waals surface area contributed by atoms with Crippen LogP contribution >= 0.6 is 11.8 Å². The van der Waals surface area contributed by atoms with Gasteiger partial charge in [0.05, 0.1) is 27.6 Å². The average Bonchev–Trinajstić information content (AvgIpc) is 3.55. The Kier molecular flexibility index (Phi) is 11.3. The topological polar surface area (TPSA) is 148 Å². The summed E-state index contributed by atoms with van der Waals surface area (Å²) >= 11 is 1.41. The highest BCUT2D eigenvalue weighted by molar-refractivity contribution is 7.99. The highest BCUT2D eigenvalue weighted by atomic mass is 32.2. The number of aromatic nitrogens is 1. The molecule has 0 atom stereocenters. The van der Waals surface area contributed by atoms with E-state index in [9.17, 15) is 25.0 Å². The Morgan fingerprint density at radius 1 is 0.788 bits per heavy atom. The lowest BCUT2D eigenvalue weighted by Gasteiger charge is -2.34. The zero-order valence-corrected chi connectivity index (χ0v) is 30.5. The molecule has 0 bridgehead atoms. The molecule has 0 saturated carbocycles. The van der Waals surface area contributed by atoms with E-state index in [1.807, 2.05) is 42.5 Å². The van der Waals surface area contributed by atoms with Crippen LogP contribution in [0.1, 0.15) is 50.7 Å². The van der Waals surface area contributed by atoms with Crippen LogP contribution < -0.4 is 5.32 Å². The first kappa shape index (κ1) is 36.7. The molecule has 0 aliphatic carbocycles. The van der Waals surface area contributed by atoms with Crippen molar-refractivity contribution in [1.29, 1.82) is 0 Å². The van der Waals surface area contributed by atoms with Crippen molar-refractivity contribution >= 4 is 45.8 Å². The standard InChI is InChI=1S/C39H42N6O6S/c1-25(2)27-10-5-7-12-29(27)31-16-17-33(44(47)48)36(30-13-8-6-11-28(30)26(3)4)37(31)41-35(46)24-43-20-18-42(19-21-43)22-23-52-39-40-32-14-9-15-34(45(49)50)38(32)51-39/h5-17,25-26H,18-24H2,1-4H3,(H,41,46). The van der Waals surface area contributed by atoms with Gasteiger partial charge in [-0.25, -0.2) is 4.98 Å². The van der Waals surface area contributed by atoms with E-state index < -0.39 is 4.92 Å². The van der Waals surface area contributed by atoms with Gasteiger partial charge in [0.2, 0.25) is 11.5 Å². The number of hydrogen-bond donors (Lipinski definition) is 1. The molecule has 5 aromatic rings. The summed E-state index contributed by atoms with van der Waals surface area (Å²) < 4.78 is 5.69. The molecule has 12 nitrogen and oxygen atoms in total. The second kappa shape index (κ2) is 16.1. The highest BCUT2D eigenvalue weighted by Gasteiger charge is 2.28. The van der Waals surface area contributed by atoms with Gasteiger partial charge in [0.25, 0.3) is 10.9 Å². The third-order valence-corrected chi connectivity index (χ3v) is 10.2. The normalized spacial score (nSPS) is 14.0. The minimum absolute atomic E-state index is 0.0586. The Hall–Kier alpha value is -5.11. The van der Waals surface area contributed by atoms with E-state index >= 15 is 0 Å². The van der Waals surface area contributed by atoms with Crippen LogP contribution in [0.15, 0.2) is 88.5 Å². The molecular weight excluding hydrogens is 681 g/mol. The minimum Gasteiger partial charge on any atom is -0.424 e. The summed E-state index contributed by atoms with van der Waals surface area (Å²) in [6, 6.07) is 23.7. The molecule has 0 radical (unpaired) electrons. The number of benzene rings is 4. The molecule has 52 heavy (non-hydrogen) atoms. The van der Waals surface area contributed by atoms with E-state index in [-0.39, 0.29) is 46.2 Å². The predicted molar refractivity (Wildman–Crippen MR) is 205 cm³/mol. The molecule has 6 rings (SSSR count). The Bertz CT molecular complexity index is 2110. The Morgan fingerprint density at radius 3 is 2.06 bits per heavy atom. The van der Waals surface area contributed by atoms with Crippen LogP contribution in [0.5, 0.6) is 0 Å². The molecular formula is C39H42N6O6S. The van der Waals surface area contributed by atoms with Gasteiger partial charge in [-0.1, -0.05) is 94.1 Å². The molecule has 1 saturated heterocycles. The van der Waals surface area contributed by atoms with Gasteiger partial charge in [-0.15, -0.1) is 0 Å². The molecule has 1 aliphatic rings. The second-order valence-corrected chi connectivity index (χ2v) is 14.5. The van der Waals surface area contributed by atoms with Gasteiger partial charge in [-0.2, -0.15) is 0 Å². The first-order valence-electron chi connectivity index (χ1n) is 17.4. The first-order valence-corrected chi connectivity index (χ1v) is 18.4. The number of non-ortho nitro benzene ring substituents is 1. The van der Waals surface area contributed by atoms with Gasteiger partial charge in [0, 0.05) is 56.2 Å². The highest BCUT2D eigenvalue weighted by Crippen LogP contribution is 2.46. The Balaban J connectivity index is 1.18. The fourth-order valence-corrected chi connectivity index (χ4v) is 7.61. The third-order valence-electron chi connectivity index (χ3n) is 9.41. The maximum atomic E-state index is 13.9. The predicted octanol–water partition coefficient (Wildman–Crippen LogP) is 8.57. The number of hydrogen-bond acceptors (Lipinski definition) is 10. The van der Waals surface area contributed by atoms with Crippen LogP contribution in [-0.4, -0.2) is 75.6 Å². The van der Waals surface area contributed by atoms with Crippen LogP contribution in [0, 0.1) is 20.2 Å². The average molecular weight is 723 g/mol. The van der Waals surface area contributed by atoms with Gasteiger partial charge in [0.15, 0.2) is 0 Å². The maximum absolute atomic E-state index is 13.9. The lowest BCUT2D eigenvalue weighted by Crippen LogP contribution is -2.49. The number of nitrogens with zero attached hydrogens (tertiary/aromatic N) is 5. The molecule has 1 fully saturated rings. The molecule has 1 aromatic heterocycles. The van der Waals surface area contributed by atoms with Gasteiger partial charge in [-0.3, -0.25) is 34.8 Å². The van der Waals surface area contributed by atoms with Crippen molar-refractivity contribution in [3.63, 3.8) is 0 Å². The van der Waals surface area contributed by atoms with E-state index in [0.717, 1.165) is 47.5 Å². The van der Waals surface area contributed by atoms with E-state index in [1.54, 1.807) is 24.3 Å². The smallest absolute Gasteiger partial charge is 0.313 e. The molecule has 0 unspecified atom stereocenters. The SMILES string of the molecule is CC(C)c1ccccc1-c1ccc([N+](=O)[O-])c(-c2ccccc2C(C)C)c1NC(=O)CN1CCN(CCSc2nc3cccc([N+](=O)[O-])c3o2)CC1. The van der Waals surface area contributed by atoms with E-state index in [2.05, 4.69) is 53.9 Å².